The Morgan fingerprint density at radius 1 is 0.407 bits per heavy atom. The quantitative estimate of drug-likeness (QED) is 0.0272. The minimum absolute atomic E-state index is 0.178. The first-order valence-electron chi connectivity index (χ1n) is 36.3. The molecule has 0 unspecified atom stereocenters. The van der Waals surface area contributed by atoms with Crippen molar-refractivity contribution in [3.63, 3.8) is 0 Å². The number of unbranched alkanes of at least 4 members (excludes halogenated alkanes) is 1. The summed E-state index contributed by atoms with van der Waals surface area (Å²) in [6.45, 7) is 9.97. The molecule has 5 aromatic heterocycles. The summed E-state index contributed by atoms with van der Waals surface area (Å²) in [6, 6.07) is 59.7. The summed E-state index contributed by atoms with van der Waals surface area (Å²) in [5.41, 5.74) is 13.9. The number of hydrogen-bond acceptors (Lipinski definition) is 14. The van der Waals surface area contributed by atoms with Crippen LogP contribution in [0.3, 0.4) is 0 Å². The lowest BCUT2D eigenvalue weighted by molar-refractivity contribution is 0.0687. The van der Waals surface area contributed by atoms with Gasteiger partial charge in [-0.2, -0.15) is 5.21 Å². The standard InChI is InChI=1S/2C22H21ClN2O3.C22H19ClN2O3.C21H19ClN6O/c3*1-2-3-8-20-24-21(23)19(14-26)25(20)13-15-9-11-16(12-10-15)17-6-4-5-7-18(17)22(27)28;1-2-5-19-23-20(22)18(13-29)28(19)12-14-8-10-15(11-9-14)16-6-3-4-7-17(16)21-24-26-27-25-21/h4-7,9-12,14H,2-3,8,13H2,1H3,(H,27,28);3-12,26H,2,13-14H2,1H3,(H,27,28);3-12,14H,2,13H2,1H3,(H,27,28);3-4,6-11,13H,2,5,12H2,1H3,(H,24,25,26,27)/b;2*8-3+;. The molecule has 113 heavy (non-hydrogen) atoms. The number of carboxylic acid groups (broad SMARTS) is 3. The number of aromatic amines is 1. The fourth-order valence-corrected chi connectivity index (χ4v) is 13.5. The van der Waals surface area contributed by atoms with Gasteiger partial charge < -0.3 is 38.7 Å². The van der Waals surface area contributed by atoms with Crippen molar-refractivity contribution in [1.29, 1.82) is 0 Å². The lowest BCUT2D eigenvalue weighted by atomic mass is 9.98. The number of halogens is 4. The number of H-pyrrole nitrogens is 1. The number of aldehydes is 3. The summed E-state index contributed by atoms with van der Waals surface area (Å²) in [6.07, 6.45) is 16.1. The molecule has 0 aliphatic heterocycles. The van der Waals surface area contributed by atoms with Gasteiger partial charge in [-0.15, -0.1) is 10.2 Å². The number of imidazole rings is 4. The summed E-state index contributed by atoms with van der Waals surface area (Å²) in [7, 11) is 0. The van der Waals surface area contributed by atoms with Crippen LogP contribution in [0.25, 0.3) is 68.0 Å². The maximum atomic E-state index is 11.5. The van der Waals surface area contributed by atoms with Gasteiger partial charge in [-0.05, 0) is 128 Å². The molecule has 5 heterocycles. The number of nitrogens with zero attached hydrogens (tertiary/aromatic N) is 11. The fraction of sp³-hybridized carbons (Fsp3) is 0.184. The van der Waals surface area contributed by atoms with Crippen LogP contribution in [-0.4, -0.2) is 116 Å². The molecule has 0 saturated carbocycles. The first kappa shape index (κ1) is 83.2. The Morgan fingerprint density at radius 3 is 1.12 bits per heavy atom. The molecule has 8 aromatic carbocycles. The summed E-state index contributed by atoms with van der Waals surface area (Å²) < 4.78 is 7.39. The largest absolute Gasteiger partial charge is 0.478 e. The maximum Gasteiger partial charge on any atom is 0.336 e. The van der Waals surface area contributed by atoms with Gasteiger partial charge in [-0.3, -0.25) is 14.4 Å². The van der Waals surface area contributed by atoms with Crippen LogP contribution < -0.4 is 0 Å². The Labute approximate surface area is 672 Å². The van der Waals surface area contributed by atoms with E-state index in [1.165, 1.54) is 0 Å². The number of tetrazole rings is 1. The van der Waals surface area contributed by atoms with Crippen molar-refractivity contribution in [2.24, 2.45) is 0 Å². The summed E-state index contributed by atoms with van der Waals surface area (Å²) in [5.74, 6) is 0.621. The van der Waals surface area contributed by atoms with Crippen LogP contribution in [0, 0.1) is 0 Å². The van der Waals surface area contributed by atoms with Gasteiger partial charge >= 0.3 is 17.9 Å². The number of aliphatic hydroxyl groups is 1. The lowest BCUT2D eigenvalue weighted by Gasteiger charge is -2.11. The van der Waals surface area contributed by atoms with E-state index >= 15 is 0 Å². The van der Waals surface area contributed by atoms with Gasteiger partial charge in [0.1, 0.15) is 40.4 Å². The molecule has 22 nitrogen and oxygen atoms in total. The van der Waals surface area contributed by atoms with Gasteiger partial charge in [0.25, 0.3) is 0 Å². The number of hydrogen-bond donors (Lipinski definition) is 5. The van der Waals surface area contributed by atoms with Gasteiger partial charge in [-0.25, -0.2) is 34.3 Å². The van der Waals surface area contributed by atoms with Gasteiger partial charge in [0.15, 0.2) is 39.5 Å². The zero-order valence-corrected chi connectivity index (χ0v) is 65.2. The zero-order valence-electron chi connectivity index (χ0n) is 62.2. The average Bonchev–Trinajstić information content (AvgIpc) is 1.74. The monoisotopic (exact) mass is 1590 g/mol. The summed E-state index contributed by atoms with van der Waals surface area (Å²) in [4.78, 5) is 86.0. The molecular weight excluding hydrogens is 1510 g/mol. The van der Waals surface area contributed by atoms with E-state index in [0.29, 0.717) is 94.6 Å². The second kappa shape index (κ2) is 40.6. The second-order valence-corrected chi connectivity index (χ2v) is 27.1. The predicted octanol–water partition coefficient (Wildman–Crippen LogP) is 19.4. The van der Waals surface area contributed by atoms with Crippen molar-refractivity contribution in [1.82, 2.24) is 58.8 Å². The molecular formula is C87H80Cl4N12O10. The highest BCUT2D eigenvalue weighted by atomic mass is 35.5. The minimum atomic E-state index is -0.962. The van der Waals surface area contributed by atoms with E-state index in [4.69, 9.17) is 46.4 Å². The van der Waals surface area contributed by atoms with E-state index < -0.39 is 17.9 Å². The Hall–Kier alpha value is -12.3. The van der Waals surface area contributed by atoms with E-state index in [2.05, 4.69) is 54.4 Å². The normalized spacial score (nSPS) is 11.0. The Kier molecular flexibility index (Phi) is 29.9. The molecule has 13 aromatic rings. The topological polar surface area (TPSA) is 309 Å². The van der Waals surface area contributed by atoms with E-state index in [1.54, 1.807) is 59.2 Å². The van der Waals surface area contributed by atoms with Crippen LogP contribution in [-0.2, 0) is 45.6 Å². The van der Waals surface area contributed by atoms with Crippen molar-refractivity contribution in [3.8, 4) is 55.9 Å². The van der Waals surface area contributed by atoms with Crippen molar-refractivity contribution in [3.05, 3.63) is 312 Å². The molecule has 0 saturated heterocycles. The molecule has 576 valence electrons. The Bertz CT molecular complexity index is 5520. The van der Waals surface area contributed by atoms with Crippen LogP contribution >= 0.6 is 46.4 Å². The van der Waals surface area contributed by atoms with Gasteiger partial charge in [0, 0.05) is 44.6 Å². The highest BCUT2D eigenvalue weighted by molar-refractivity contribution is 6.32. The van der Waals surface area contributed by atoms with E-state index in [0.717, 1.165) is 125 Å². The number of carboxylic acids is 3. The van der Waals surface area contributed by atoms with Crippen LogP contribution in [0.1, 0.15) is 174 Å². The number of nitrogens with one attached hydrogen (secondary N) is 1. The summed E-state index contributed by atoms with van der Waals surface area (Å²) in [5, 5.41) is 53.1. The van der Waals surface area contributed by atoms with E-state index in [-0.39, 0.29) is 38.8 Å². The number of aromatic nitrogens is 12. The van der Waals surface area contributed by atoms with Crippen molar-refractivity contribution in [2.75, 3.05) is 0 Å². The number of rotatable bonds is 29. The van der Waals surface area contributed by atoms with Crippen LogP contribution in [0.2, 0.25) is 20.6 Å². The molecule has 0 radical (unpaired) electrons. The number of carbonyl (C=O) groups is 6. The molecule has 0 fully saturated rings. The third-order valence-corrected chi connectivity index (χ3v) is 19.4. The van der Waals surface area contributed by atoms with Gasteiger partial charge in [0.2, 0.25) is 5.82 Å². The van der Waals surface area contributed by atoms with Gasteiger partial charge in [-0.1, -0.05) is 269 Å². The Morgan fingerprint density at radius 2 is 0.752 bits per heavy atom. The third kappa shape index (κ3) is 20.8. The van der Waals surface area contributed by atoms with Crippen molar-refractivity contribution < 1.29 is 49.2 Å². The molecule has 5 N–H and O–H groups in total. The first-order chi connectivity index (χ1) is 54.8. The molecule has 26 heteroatoms. The SMILES string of the molecule is CC/C=C/c1nc(Cl)c(C=O)n1Cc1ccc(-c2ccccc2C(=O)O)cc1.CC/C=C/c1nc(Cl)c(CO)n1Cc1ccc(-c2ccccc2C(=O)O)cc1.CCCCc1nc(Cl)c(C=O)n1Cc1ccc(-c2ccccc2C(=O)O)cc1.CCCc1nc(Cl)c(C=O)n1Cc1ccc(-c2ccccc2-c2nn[nH]n2)cc1. The second-order valence-electron chi connectivity index (χ2n) is 25.7. The van der Waals surface area contributed by atoms with Crippen LogP contribution in [0.4, 0.5) is 0 Å². The molecule has 0 aliphatic carbocycles. The smallest absolute Gasteiger partial charge is 0.336 e. The highest BCUT2D eigenvalue weighted by Gasteiger charge is 2.22. The van der Waals surface area contributed by atoms with Gasteiger partial charge in [0.05, 0.1) is 29.0 Å². The summed E-state index contributed by atoms with van der Waals surface area (Å²) >= 11 is 24.5. The van der Waals surface area contributed by atoms with E-state index in [9.17, 15) is 49.2 Å². The number of carbonyl (C=O) groups excluding carboxylic acids is 3. The van der Waals surface area contributed by atoms with Crippen molar-refractivity contribution in [2.45, 2.75) is 105 Å². The molecule has 0 spiro atoms. The number of aryl methyl sites for hydroxylation is 2. The average molecular weight is 1600 g/mol. The van der Waals surface area contributed by atoms with E-state index in [1.807, 2.05) is 191 Å². The zero-order chi connectivity index (χ0) is 80.5. The molecule has 13 rings (SSSR count). The third-order valence-electron chi connectivity index (χ3n) is 18.3. The molecule has 0 aliphatic rings. The number of benzene rings is 8. The first-order valence-corrected chi connectivity index (χ1v) is 37.8. The predicted molar refractivity (Wildman–Crippen MR) is 440 cm³/mol. The number of aliphatic hydroxyl groups excluding tert-OH is 1. The molecule has 0 bridgehead atoms. The Balaban J connectivity index is 0.000000160. The number of allylic oxidation sites excluding steroid dienone is 2. The molecule has 0 atom stereocenters. The minimum Gasteiger partial charge on any atom is -0.478 e. The van der Waals surface area contributed by atoms with Crippen LogP contribution in [0.5, 0.6) is 0 Å². The molecule has 0 amide bonds. The van der Waals surface area contributed by atoms with Crippen molar-refractivity contribution >= 4 is 95.3 Å². The van der Waals surface area contributed by atoms with Crippen LogP contribution in [0.15, 0.2) is 206 Å². The number of aromatic carboxylic acids is 3. The fourth-order valence-electron chi connectivity index (χ4n) is 12.6. The maximum absolute atomic E-state index is 11.5. The highest BCUT2D eigenvalue weighted by Crippen LogP contribution is 2.33. The lowest BCUT2D eigenvalue weighted by Crippen LogP contribution is -2.08.